The van der Waals surface area contributed by atoms with Crippen molar-refractivity contribution in [2.75, 3.05) is 0 Å². The van der Waals surface area contributed by atoms with Crippen molar-refractivity contribution in [1.29, 1.82) is 0 Å². The number of ether oxygens (including phenoxy) is 1. The molecule has 0 radical (unpaired) electrons. The first kappa shape index (κ1) is 20.1. The Labute approximate surface area is 146 Å². The van der Waals surface area contributed by atoms with Gasteiger partial charge in [0, 0.05) is 5.56 Å². The summed E-state index contributed by atoms with van der Waals surface area (Å²) in [5.74, 6) is -2.30. The fourth-order valence-corrected chi connectivity index (χ4v) is 2.07. The average Bonchev–Trinajstić information content (AvgIpc) is 2.51. The Morgan fingerprint density at radius 1 is 1.08 bits per heavy atom. The monoisotopic (exact) mass is 349 g/mol. The Morgan fingerprint density at radius 3 is 2.20 bits per heavy atom. The Balaban J connectivity index is 2.81. The molecule has 0 aromatic heterocycles. The summed E-state index contributed by atoms with van der Waals surface area (Å²) in [4.78, 5) is 47.0. The van der Waals surface area contributed by atoms with Gasteiger partial charge in [0.1, 0.15) is 6.04 Å². The molecule has 0 spiro atoms. The van der Waals surface area contributed by atoms with E-state index in [1.807, 2.05) is 5.32 Å². The molecular weight excluding hydrogens is 326 g/mol. The first-order chi connectivity index (χ1) is 11.6. The topological polar surface area (TPSA) is 128 Å². The van der Waals surface area contributed by atoms with Gasteiger partial charge in [-0.3, -0.25) is 14.9 Å². The second-order valence-corrected chi connectivity index (χ2v) is 5.94. The van der Waals surface area contributed by atoms with Crippen molar-refractivity contribution in [1.82, 2.24) is 10.6 Å². The zero-order valence-corrected chi connectivity index (χ0v) is 14.7. The number of hydrogen-bond donors (Lipinski definition) is 3. The van der Waals surface area contributed by atoms with Crippen LogP contribution in [0.5, 0.6) is 0 Å². The Kier molecular flexibility index (Phi) is 7.10. The number of carbonyl (C=O) groups excluding carboxylic acids is 4. The molecule has 1 aromatic carbocycles. The van der Waals surface area contributed by atoms with Crippen molar-refractivity contribution in [3.63, 3.8) is 0 Å². The summed E-state index contributed by atoms with van der Waals surface area (Å²) in [6, 6.07) is 4.97. The highest BCUT2D eigenvalue weighted by Gasteiger charge is 2.29. The fourth-order valence-electron chi connectivity index (χ4n) is 2.07. The van der Waals surface area contributed by atoms with E-state index >= 15 is 0 Å². The van der Waals surface area contributed by atoms with Crippen molar-refractivity contribution in [3.8, 4) is 0 Å². The van der Waals surface area contributed by atoms with E-state index in [1.165, 1.54) is 6.92 Å². The van der Waals surface area contributed by atoms with Crippen LogP contribution >= 0.6 is 0 Å². The van der Waals surface area contributed by atoms with Gasteiger partial charge in [-0.15, -0.1) is 0 Å². The third-order valence-electron chi connectivity index (χ3n) is 3.51. The van der Waals surface area contributed by atoms with E-state index in [0.29, 0.717) is 5.56 Å². The van der Waals surface area contributed by atoms with Gasteiger partial charge in [-0.1, -0.05) is 32.0 Å². The van der Waals surface area contributed by atoms with Gasteiger partial charge < -0.3 is 15.8 Å². The molecule has 2 atom stereocenters. The number of benzene rings is 1. The maximum absolute atomic E-state index is 12.4. The number of nitrogens with one attached hydrogen (secondary N) is 2. The van der Waals surface area contributed by atoms with Crippen LogP contribution in [-0.2, 0) is 14.3 Å². The smallest absolute Gasteiger partial charge is 0.329 e. The van der Waals surface area contributed by atoms with Crippen molar-refractivity contribution in [2.45, 2.75) is 39.8 Å². The molecule has 0 saturated carbocycles. The molecule has 4 amide bonds. The Morgan fingerprint density at radius 2 is 1.68 bits per heavy atom. The molecular formula is C17H23N3O5. The summed E-state index contributed by atoms with van der Waals surface area (Å²) in [6.45, 7) is 6.56. The van der Waals surface area contributed by atoms with Gasteiger partial charge >= 0.3 is 12.0 Å². The van der Waals surface area contributed by atoms with Crippen LogP contribution in [0.25, 0.3) is 0 Å². The van der Waals surface area contributed by atoms with Crippen LogP contribution in [0.1, 0.15) is 36.7 Å². The molecule has 0 heterocycles. The summed E-state index contributed by atoms with van der Waals surface area (Å²) in [5, 5.41) is 4.45. The predicted octanol–water partition coefficient (Wildman–Crippen LogP) is 0.876. The molecule has 136 valence electrons. The third-order valence-corrected chi connectivity index (χ3v) is 3.51. The van der Waals surface area contributed by atoms with E-state index in [1.54, 1.807) is 45.0 Å². The summed E-state index contributed by atoms with van der Waals surface area (Å²) in [7, 11) is 0. The number of esters is 1. The van der Waals surface area contributed by atoms with E-state index in [-0.39, 0.29) is 5.92 Å². The van der Waals surface area contributed by atoms with E-state index in [4.69, 9.17) is 10.5 Å². The summed E-state index contributed by atoms with van der Waals surface area (Å²) in [5.41, 5.74) is 6.06. The number of carbonyl (C=O) groups is 4. The number of rotatable bonds is 6. The van der Waals surface area contributed by atoms with E-state index in [2.05, 4.69) is 5.32 Å². The minimum Gasteiger partial charge on any atom is -0.451 e. The highest BCUT2D eigenvalue weighted by atomic mass is 16.5. The molecule has 8 nitrogen and oxygen atoms in total. The molecule has 0 unspecified atom stereocenters. The number of urea groups is 1. The van der Waals surface area contributed by atoms with Gasteiger partial charge in [-0.2, -0.15) is 0 Å². The number of amides is 4. The zero-order chi connectivity index (χ0) is 19.1. The first-order valence-electron chi connectivity index (χ1n) is 7.80. The van der Waals surface area contributed by atoms with Gasteiger partial charge in [0.05, 0.1) is 0 Å². The van der Waals surface area contributed by atoms with Crippen molar-refractivity contribution in [2.24, 2.45) is 11.7 Å². The molecule has 0 fully saturated rings. The molecule has 0 bridgehead atoms. The van der Waals surface area contributed by atoms with Crippen LogP contribution in [0.15, 0.2) is 24.3 Å². The van der Waals surface area contributed by atoms with Crippen LogP contribution in [0, 0.1) is 12.8 Å². The first-order valence-corrected chi connectivity index (χ1v) is 7.80. The lowest BCUT2D eigenvalue weighted by atomic mass is 10.0. The quantitative estimate of drug-likeness (QED) is 0.657. The van der Waals surface area contributed by atoms with Gasteiger partial charge in [-0.05, 0) is 31.4 Å². The lowest BCUT2D eigenvalue weighted by molar-refractivity contribution is -0.157. The maximum atomic E-state index is 12.4. The van der Waals surface area contributed by atoms with E-state index in [9.17, 15) is 19.2 Å². The average molecular weight is 349 g/mol. The molecule has 4 N–H and O–H groups in total. The molecule has 1 aromatic rings. The van der Waals surface area contributed by atoms with Crippen LogP contribution in [0.3, 0.4) is 0 Å². The standard InChI is InChI=1S/C17H23N3O5/c1-9(2)13(16(23)25-11(4)14(21)20-17(18)24)19-15(22)12-8-6-5-7-10(12)3/h5-9,11,13H,1-4H3,(H,19,22)(H3,18,20,21,24)/t11-,13-/m0/s1. The van der Waals surface area contributed by atoms with Crippen LogP contribution in [0.4, 0.5) is 4.79 Å². The molecule has 0 aliphatic heterocycles. The van der Waals surface area contributed by atoms with Gasteiger partial charge in [0.15, 0.2) is 6.10 Å². The van der Waals surface area contributed by atoms with Crippen LogP contribution < -0.4 is 16.4 Å². The molecule has 8 heteroatoms. The SMILES string of the molecule is Cc1ccccc1C(=O)N[C@H](C(=O)O[C@@H](C)C(=O)NC(N)=O)C(C)C. The minimum atomic E-state index is -1.23. The van der Waals surface area contributed by atoms with Crippen LogP contribution in [0.2, 0.25) is 0 Å². The normalized spacial score (nSPS) is 12.8. The summed E-state index contributed by atoms with van der Waals surface area (Å²) < 4.78 is 5.03. The second kappa shape index (κ2) is 8.81. The van der Waals surface area contributed by atoms with Gasteiger partial charge in [-0.25, -0.2) is 9.59 Å². The number of aryl methyl sites for hydroxylation is 1. The Hall–Kier alpha value is -2.90. The highest BCUT2D eigenvalue weighted by Crippen LogP contribution is 2.11. The van der Waals surface area contributed by atoms with Crippen molar-refractivity contribution in [3.05, 3.63) is 35.4 Å². The largest absolute Gasteiger partial charge is 0.451 e. The predicted molar refractivity (Wildman–Crippen MR) is 90.6 cm³/mol. The molecule has 0 aliphatic rings. The Bertz CT molecular complexity index is 672. The summed E-state index contributed by atoms with van der Waals surface area (Å²) >= 11 is 0. The summed E-state index contributed by atoms with van der Waals surface area (Å²) in [6.07, 6.45) is -1.23. The van der Waals surface area contributed by atoms with E-state index < -0.39 is 36.0 Å². The molecule has 25 heavy (non-hydrogen) atoms. The number of nitrogens with two attached hydrogens (primary N) is 1. The lowest BCUT2D eigenvalue weighted by Crippen LogP contribution is -2.48. The molecule has 0 saturated heterocycles. The second-order valence-electron chi connectivity index (χ2n) is 5.94. The van der Waals surface area contributed by atoms with Crippen LogP contribution in [-0.4, -0.2) is 36.0 Å². The highest BCUT2D eigenvalue weighted by molar-refractivity contribution is 5.99. The van der Waals surface area contributed by atoms with Gasteiger partial charge in [0.25, 0.3) is 11.8 Å². The van der Waals surface area contributed by atoms with Gasteiger partial charge in [0.2, 0.25) is 0 Å². The fraction of sp³-hybridized carbons (Fsp3) is 0.412. The van der Waals surface area contributed by atoms with Crippen molar-refractivity contribution < 1.29 is 23.9 Å². The van der Waals surface area contributed by atoms with Crippen molar-refractivity contribution >= 4 is 23.8 Å². The maximum Gasteiger partial charge on any atom is 0.329 e. The third kappa shape index (κ3) is 5.91. The number of hydrogen-bond acceptors (Lipinski definition) is 5. The minimum absolute atomic E-state index is 0.271. The number of imide groups is 1. The number of primary amides is 1. The van der Waals surface area contributed by atoms with E-state index in [0.717, 1.165) is 5.56 Å². The zero-order valence-electron chi connectivity index (χ0n) is 14.7. The molecule has 0 aliphatic carbocycles. The lowest BCUT2D eigenvalue weighted by Gasteiger charge is -2.23. The molecule has 1 rings (SSSR count).